The Bertz CT molecular complexity index is 616. The molecule has 2 aromatic rings. The molecule has 0 saturated heterocycles. The van der Waals surface area contributed by atoms with Gasteiger partial charge < -0.3 is 9.84 Å². The molecule has 4 nitrogen and oxygen atoms in total. The first-order chi connectivity index (χ1) is 10.1. The number of halogens is 1. The summed E-state index contributed by atoms with van der Waals surface area (Å²) in [4.78, 5) is 11.9. The number of rotatable bonds is 5. The highest BCUT2D eigenvalue weighted by atomic mass is 19.1. The molecule has 1 unspecified atom stereocenters. The first kappa shape index (κ1) is 15.0. The van der Waals surface area contributed by atoms with Crippen LogP contribution in [-0.4, -0.2) is 18.2 Å². The van der Waals surface area contributed by atoms with Gasteiger partial charge in [-0.05, 0) is 23.3 Å². The van der Waals surface area contributed by atoms with Gasteiger partial charge >= 0.3 is 5.97 Å². The molecule has 0 saturated carbocycles. The Morgan fingerprint density at radius 1 is 1.29 bits per heavy atom. The SMILES string of the molecule is COC(=O)C(NCc1ccc(O)c(F)c1)c1ccccc1. The van der Waals surface area contributed by atoms with Crippen molar-refractivity contribution in [3.8, 4) is 5.75 Å². The molecule has 0 aromatic heterocycles. The van der Waals surface area contributed by atoms with E-state index in [0.717, 1.165) is 5.56 Å². The lowest BCUT2D eigenvalue weighted by Gasteiger charge is -2.17. The van der Waals surface area contributed by atoms with Crippen LogP contribution >= 0.6 is 0 Å². The minimum Gasteiger partial charge on any atom is -0.505 e. The van der Waals surface area contributed by atoms with Crippen LogP contribution in [0.1, 0.15) is 17.2 Å². The summed E-state index contributed by atoms with van der Waals surface area (Å²) in [7, 11) is 1.32. The van der Waals surface area contributed by atoms with Gasteiger partial charge in [0.2, 0.25) is 0 Å². The minimum absolute atomic E-state index is 0.270. The van der Waals surface area contributed by atoms with Crippen molar-refractivity contribution in [3.63, 3.8) is 0 Å². The monoisotopic (exact) mass is 289 g/mol. The Labute approximate surface area is 122 Å². The van der Waals surface area contributed by atoms with E-state index in [9.17, 15) is 9.18 Å². The minimum atomic E-state index is -0.691. The summed E-state index contributed by atoms with van der Waals surface area (Å²) in [6, 6.07) is 12.6. The molecule has 2 aromatic carbocycles. The van der Waals surface area contributed by atoms with Crippen molar-refractivity contribution in [1.29, 1.82) is 0 Å². The van der Waals surface area contributed by atoms with Crippen LogP contribution in [0.2, 0.25) is 0 Å². The van der Waals surface area contributed by atoms with E-state index < -0.39 is 23.6 Å². The maximum atomic E-state index is 13.3. The summed E-state index contributed by atoms with van der Waals surface area (Å²) in [5.41, 5.74) is 1.39. The van der Waals surface area contributed by atoms with Crippen LogP contribution in [-0.2, 0) is 16.1 Å². The average molecular weight is 289 g/mol. The smallest absolute Gasteiger partial charge is 0.327 e. The summed E-state index contributed by atoms with van der Waals surface area (Å²) in [6.07, 6.45) is 0. The Morgan fingerprint density at radius 2 is 2.00 bits per heavy atom. The second-order valence-corrected chi connectivity index (χ2v) is 4.53. The summed E-state index contributed by atoms with van der Waals surface area (Å²) >= 11 is 0. The number of nitrogens with one attached hydrogen (secondary N) is 1. The number of carbonyl (C=O) groups excluding carboxylic acids is 1. The zero-order chi connectivity index (χ0) is 15.2. The molecule has 110 valence electrons. The number of carbonyl (C=O) groups is 1. The highest BCUT2D eigenvalue weighted by molar-refractivity contribution is 5.77. The highest BCUT2D eigenvalue weighted by Gasteiger charge is 2.20. The van der Waals surface area contributed by atoms with Crippen molar-refractivity contribution in [1.82, 2.24) is 5.32 Å². The van der Waals surface area contributed by atoms with Crippen molar-refractivity contribution in [2.75, 3.05) is 7.11 Å². The molecule has 0 spiro atoms. The second-order valence-electron chi connectivity index (χ2n) is 4.53. The number of hydrogen-bond donors (Lipinski definition) is 2. The molecular formula is C16H16FNO3. The van der Waals surface area contributed by atoms with Gasteiger partial charge in [0.05, 0.1) is 7.11 Å². The summed E-state index contributed by atoms with van der Waals surface area (Å²) in [6.45, 7) is 0.270. The zero-order valence-corrected chi connectivity index (χ0v) is 11.5. The summed E-state index contributed by atoms with van der Waals surface area (Å²) in [5.74, 6) is -1.50. The largest absolute Gasteiger partial charge is 0.505 e. The van der Waals surface area contributed by atoms with Gasteiger partial charge in [0, 0.05) is 6.54 Å². The van der Waals surface area contributed by atoms with Crippen LogP contribution in [0, 0.1) is 5.82 Å². The van der Waals surface area contributed by atoms with Crippen LogP contribution in [0.5, 0.6) is 5.75 Å². The maximum absolute atomic E-state index is 13.3. The Morgan fingerprint density at radius 3 is 2.62 bits per heavy atom. The number of esters is 1. The predicted molar refractivity (Wildman–Crippen MR) is 76.1 cm³/mol. The molecule has 0 aliphatic carbocycles. The van der Waals surface area contributed by atoms with Crippen molar-refractivity contribution in [3.05, 3.63) is 65.5 Å². The molecule has 1 atom stereocenters. The zero-order valence-electron chi connectivity index (χ0n) is 11.5. The summed E-state index contributed by atoms with van der Waals surface area (Å²) in [5, 5.41) is 12.2. The van der Waals surface area contributed by atoms with E-state index >= 15 is 0 Å². The lowest BCUT2D eigenvalue weighted by atomic mass is 10.1. The van der Waals surface area contributed by atoms with Crippen molar-refractivity contribution in [2.24, 2.45) is 0 Å². The molecule has 0 heterocycles. The molecule has 0 radical (unpaired) electrons. The average Bonchev–Trinajstić information content (AvgIpc) is 2.51. The lowest BCUT2D eigenvalue weighted by molar-refractivity contribution is -0.143. The van der Waals surface area contributed by atoms with Crippen molar-refractivity contribution >= 4 is 5.97 Å². The fraction of sp³-hybridized carbons (Fsp3) is 0.188. The van der Waals surface area contributed by atoms with Crippen LogP contribution in [0.15, 0.2) is 48.5 Å². The van der Waals surface area contributed by atoms with E-state index in [0.29, 0.717) is 5.56 Å². The number of phenolic OH excluding ortho intramolecular Hbond substituents is 1. The van der Waals surface area contributed by atoms with Gasteiger partial charge in [0.25, 0.3) is 0 Å². The number of benzene rings is 2. The third kappa shape index (κ3) is 3.79. The van der Waals surface area contributed by atoms with E-state index in [-0.39, 0.29) is 6.54 Å². The molecule has 21 heavy (non-hydrogen) atoms. The standard InChI is InChI=1S/C16H16FNO3/c1-21-16(20)15(12-5-3-2-4-6-12)18-10-11-7-8-14(19)13(17)9-11/h2-9,15,18-19H,10H2,1H3. The first-order valence-electron chi connectivity index (χ1n) is 6.45. The molecule has 0 fully saturated rings. The van der Waals surface area contributed by atoms with Crippen LogP contribution in [0.3, 0.4) is 0 Å². The van der Waals surface area contributed by atoms with E-state index in [1.165, 1.54) is 19.2 Å². The van der Waals surface area contributed by atoms with Crippen LogP contribution < -0.4 is 5.32 Å². The third-order valence-electron chi connectivity index (χ3n) is 3.09. The predicted octanol–water partition coefficient (Wildman–Crippen LogP) is 2.54. The molecule has 5 heteroatoms. The number of phenols is 1. The van der Waals surface area contributed by atoms with Crippen LogP contribution in [0.4, 0.5) is 4.39 Å². The maximum Gasteiger partial charge on any atom is 0.327 e. The number of hydrogen-bond acceptors (Lipinski definition) is 4. The quantitative estimate of drug-likeness (QED) is 0.830. The van der Waals surface area contributed by atoms with E-state index in [4.69, 9.17) is 9.84 Å². The normalized spacial score (nSPS) is 11.9. The van der Waals surface area contributed by atoms with Crippen molar-refractivity contribution < 1.29 is 19.0 Å². The first-order valence-corrected chi connectivity index (χ1v) is 6.45. The van der Waals surface area contributed by atoms with E-state index in [1.54, 1.807) is 6.07 Å². The number of ether oxygens (including phenoxy) is 1. The van der Waals surface area contributed by atoms with Gasteiger partial charge in [-0.2, -0.15) is 0 Å². The Hall–Kier alpha value is -2.40. The topological polar surface area (TPSA) is 58.6 Å². The van der Waals surface area contributed by atoms with Gasteiger partial charge in [0.15, 0.2) is 11.6 Å². The van der Waals surface area contributed by atoms with Gasteiger partial charge in [-0.3, -0.25) is 5.32 Å². The van der Waals surface area contributed by atoms with E-state index in [2.05, 4.69) is 5.32 Å². The highest BCUT2D eigenvalue weighted by Crippen LogP contribution is 2.18. The Kier molecular flexibility index (Phi) is 4.90. The van der Waals surface area contributed by atoms with E-state index in [1.807, 2.05) is 30.3 Å². The number of aromatic hydroxyl groups is 1. The fourth-order valence-corrected chi connectivity index (χ4v) is 1.98. The van der Waals surface area contributed by atoms with Gasteiger partial charge in [-0.15, -0.1) is 0 Å². The fourth-order valence-electron chi connectivity index (χ4n) is 1.98. The molecule has 0 amide bonds. The second kappa shape index (κ2) is 6.85. The molecule has 2 N–H and O–H groups in total. The van der Waals surface area contributed by atoms with Gasteiger partial charge in [-0.1, -0.05) is 36.4 Å². The summed E-state index contributed by atoms with van der Waals surface area (Å²) < 4.78 is 18.1. The molecular weight excluding hydrogens is 273 g/mol. The molecule has 0 aliphatic rings. The van der Waals surface area contributed by atoms with Gasteiger partial charge in [-0.25, -0.2) is 9.18 Å². The third-order valence-corrected chi connectivity index (χ3v) is 3.09. The van der Waals surface area contributed by atoms with Crippen LogP contribution in [0.25, 0.3) is 0 Å². The lowest BCUT2D eigenvalue weighted by Crippen LogP contribution is -2.29. The molecule has 0 aliphatic heterocycles. The van der Waals surface area contributed by atoms with Crippen molar-refractivity contribution in [2.45, 2.75) is 12.6 Å². The molecule has 2 rings (SSSR count). The number of methoxy groups -OCH3 is 1. The Balaban J connectivity index is 2.12. The molecule has 0 bridgehead atoms. The van der Waals surface area contributed by atoms with Gasteiger partial charge in [0.1, 0.15) is 6.04 Å².